The highest BCUT2D eigenvalue weighted by molar-refractivity contribution is 4.66. The third-order valence-electron chi connectivity index (χ3n) is 1.70. The van der Waals surface area contributed by atoms with Crippen LogP contribution in [0.3, 0.4) is 0 Å². The quantitative estimate of drug-likeness (QED) is 0.443. The second-order valence-corrected chi connectivity index (χ2v) is 2.91. The zero-order valence-electron chi connectivity index (χ0n) is 8.31. The Labute approximate surface area is 79.4 Å². The number of hydrogen-bond acceptors (Lipinski definition) is 4. The van der Waals surface area contributed by atoms with Gasteiger partial charge in [0.15, 0.2) is 6.29 Å². The van der Waals surface area contributed by atoms with E-state index in [0.717, 1.165) is 6.42 Å². The average Bonchev–Trinajstić information content (AvgIpc) is 2.04. The molecule has 0 aliphatic carbocycles. The van der Waals surface area contributed by atoms with E-state index in [1.54, 1.807) is 18.0 Å². The van der Waals surface area contributed by atoms with E-state index in [1.807, 2.05) is 6.92 Å². The summed E-state index contributed by atoms with van der Waals surface area (Å²) in [5.74, 6) is 0. The van der Waals surface area contributed by atoms with Gasteiger partial charge in [0.05, 0.1) is 13.2 Å². The Hall–Kier alpha value is -0.420. The molecule has 78 valence electrons. The number of rotatable bonds is 7. The first-order valence-corrected chi connectivity index (χ1v) is 4.40. The van der Waals surface area contributed by atoms with E-state index < -0.39 is 6.29 Å². The SMILES string of the molecule is C=CCOC(CC)N(C)CC(O)O. The van der Waals surface area contributed by atoms with Gasteiger partial charge in [0.2, 0.25) is 0 Å². The molecule has 0 amide bonds. The number of aliphatic hydroxyl groups excluding tert-OH is 1. The van der Waals surface area contributed by atoms with Gasteiger partial charge in [-0.1, -0.05) is 13.0 Å². The van der Waals surface area contributed by atoms with Gasteiger partial charge in [0, 0.05) is 0 Å². The van der Waals surface area contributed by atoms with Gasteiger partial charge in [-0.05, 0) is 13.5 Å². The standard InChI is InChI=1S/C9H19NO3/c1-4-6-13-8(5-2)10(3)7-9(11)12/h4,8-9,11-12H,1,5-7H2,2-3H3. The minimum Gasteiger partial charge on any atom is -0.367 e. The van der Waals surface area contributed by atoms with E-state index in [-0.39, 0.29) is 12.8 Å². The van der Waals surface area contributed by atoms with E-state index in [9.17, 15) is 0 Å². The lowest BCUT2D eigenvalue weighted by Crippen LogP contribution is -2.38. The lowest BCUT2D eigenvalue weighted by molar-refractivity contribution is -0.104. The van der Waals surface area contributed by atoms with Crippen LogP contribution in [0.2, 0.25) is 0 Å². The third-order valence-corrected chi connectivity index (χ3v) is 1.70. The number of ether oxygens (including phenoxy) is 1. The Morgan fingerprint density at radius 3 is 2.54 bits per heavy atom. The largest absolute Gasteiger partial charge is 0.367 e. The van der Waals surface area contributed by atoms with E-state index >= 15 is 0 Å². The molecule has 1 atom stereocenters. The van der Waals surface area contributed by atoms with Crippen LogP contribution >= 0.6 is 0 Å². The van der Waals surface area contributed by atoms with Crippen molar-refractivity contribution in [3.63, 3.8) is 0 Å². The fourth-order valence-corrected chi connectivity index (χ4v) is 1.11. The normalized spacial score (nSPS) is 13.7. The minimum absolute atomic E-state index is 0.0835. The van der Waals surface area contributed by atoms with Crippen molar-refractivity contribution in [3.8, 4) is 0 Å². The molecule has 4 nitrogen and oxygen atoms in total. The second kappa shape index (κ2) is 7.03. The Kier molecular flexibility index (Phi) is 6.80. The fourth-order valence-electron chi connectivity index (χ4n) is 1.11. The van der Waals surface area contributed by atoms with Gasteiger partial charge in [-0.15, -0.1) is 6.58 Å². The molecule has 0 rings (SSSR count). The molecule has 0 saturated heterocycles. The predicted molar refractivity (Wildman–Crippen MR) is 51.1 cm³/mol. The maximum Gasteiger partial charge on any atom is 0.164 e. The molecule has 2 N–H and O–H groups in total. The molecule has 0 aromatic heterocycles. The first-order chi connectivity index (χ1) is 6.11. The predicted octanol–water partition coefficient (Wildman–Crippen LogP) is 0.168. The Bertz CT molecular complexity index is 139. The monoisotopic (exact) mass is 189 g/mol. The van der Waals surface area contributed by atoms with Crippen molar-refractivity contribution in [2.45, 2.75) is 25.9 Å². The third kappa shape index (κ3) is 5.76. The summed E-state index contributed by atoms with van der Waals surface area (Å²) in [7, 11) is 1.79. The van der Waals surface area contributed by atoms with E-state index in [4.69, 9.17) is 14.9 Å². The summed E-state index contributed by atoms with van der Waals surface area (Å²) >= 11 is 0. The van der Waals surface area contributed by atoms with Crippen LogP contribution in [0.1, 0.15) is 13.3 Å². The topological polar surface area (TPSA) is 52.9 Å². The summed E-state index contributed by atoms with van der Waals surface area (Å²) in [6.07, 6.45) is 1.08. The molecule has 0 bridgehead atoms. The molecule has 0 fully saturated rings. The van der Waals surface area contributed by atoms with Crippen LogP contribution in [0, 0.1) is 0 Å². The fraction of sp³-hybridized carbons (Fsp3) is 0.778. The van der Waals surface area contributed by atoms with Gasteiger partial charge >= 0.3 is 0 Å². The van der Waals surface area contributed by atoms with Crippen molar-refractivity contribution in [3.05, 3.63) is 12.7 Å². The van der Waals surface area contributed by atoms with Crippen molar-refractivity contribution in [2.24, 2.45) is 0 Å². The number of nitrogens with zero attached hydrogens (tertiary/aromatic N) is 1. The van der Waals surface area contributed by atoms with Gasteiger partial charge in [0.25, 0.3) is 0 Å². The second-order valence-electron chi connectivity index (χ2n) is 2.91. The maximum atomic E-state index is 8.73. The van der Waals surface area contributed by atoms with Crippen LogP contribution in [-0.4, -0.2) is 47.8 Å². The highest BCUT2D eigenvalue weighted by Gasteiger charge is 2.14. The molecule has 1 unspecified atom stereocenters. The van der Waals surface area contributed by atoms with Crippen molar-refractivity contribution in [1.29, 1.82) is 0 Å². The summed E-state index contributed by atoms with van der Waals surface area (Å²) < 4.78 is 5.39. The molecule has 0 saturated carbocycles. The molecule has 0 aliphatic rings. The summed E-state index contributed by atoms with van der Waals surface area (Å²) in [4.78, 5) is 1.76. The molecule has 13 heavy (non-hydrogen) atoms. The zero-order valence-corrected chi connectivity index (χ0v) is 8.31. The summed E-state index contributed by atoms with van der Waals surface area (Å²) in [5, 5.41) is 17.5. The van der Waals surface area contributed by atoms with Gasteiger partial charge < -0.3 is 14.9 Å². The van der Waals surface area contributed by atoms with Crippen molar-refractivity contribution < 1.29 is 14.9 Å². The summed E-state index contributed by atoms with van der Waals surface area (Å²) in [6, 6.07) is 0. The van der Waals surface area contributed by atoms with Gasteiger partial charge in [-0.25, -0.2) is 0 Å². The van der Waals surface area contributed by atoms with Crippen LogP contribution in [0.5, 0.6) is 0 Å². The van der Waals surface area contributed by atoms with Gasteiger partial charge in [0.1, 0.15) is 6.23 Å². The van der Waals surface area contributed by atoms with E-state index in [2.05, 4.69) is 6.58 Å². The molecule has 0 aliphatic heterocycles. The lowest BCUT2D eigenvalue weighted by atomic mass is 10.3. The smallest absolute Gasteiger partial charge is 0.164 e. The lowest BCUT2D eigenvalue weighted by Gasteiger charge is -2.27. The van der Waals surface area contributed by atoms with E-state index in [1.165, 1.54) is 0 Å². The highest BCUT2D eigenvalue weighted by atomic mass is 16.5. The molecule has 4 heteroatoms. The minimum atomic E-state index is -1.31. The Morgan fingerprint density at radius 2 is 2.15 bits per heavy atom. The Balaban J connectivity index is 3.83. The number of likely N-dealkylation sites (N-methyl/N-ethyl adjacent to an activating group) is 1. The maximum absolute atomic E-state index is 8.73. The molecule has 0 spiro atoms. The highest BCUT2D eigenvalue weighted by Crippen LogP contribution is 2.03. The van der Waals surface area contributed by atoms with E-state index in [0.29, 0.717) is 6.61 Å². The van der Waals surface area contributed by atoms with Crippen LogP contribution in [0.4, 0.5) is 0 Å². The van der Waals surface area contributed by atoms with Crippen molar-refractivity contribution in [1.82, 2.24) is 4.90 Å². The summed E-state index contributed by atoms with van der Waals surface area (Å²) in [6.45, 7) is 6.19. The zero-order chi connectivity index (χ0) is 10.3. The van der Waals surface area contributed by atoms with Gasteiger partial charge in [-0.3, -0.25) is 4.90 Å². The molecular weight excluding hydrogens is 170 g/mol. The Morgan fingerprint density at radius 1 is 1.54 bits per heavy atom. The number of aliphatic hydroxyl groups is 2. The first-order valence-electron chi connectivity index (χ1n) is 4.40. The molecule has 0 aromatic rings. The van der Waals surface area contributed by atoms with Crippen LogP contribution < -0.4 is 0 Å². The van der Waals surface area contributed by atoms with Gasteiger partial charge in [-0.2, -0.15) is 0 Å². The molecule has 0 radical (unpaired) electrons. The average molecular weight is 189 g/mol. The molecular formula is C9H19NO3. The molecule has 0 aromatic carbocycles. The van der Waals surface area contributed by atoms with Crippen LogP contribution in [0.15, 0.2) is 12.7 Å². The number of hydrogen-bond donors (Lipinski definition) is 2. The summed E-state index contributed by atoms with van der Waals surface area (Å²) in [5.41, 5.74) is 0. The first kappa shape index (κ1) is 12.6. The van der Waals surface area contributed by atoms with Crippen LogP contribution in [-0.2, 0) is 4.74 Å². The van der Waals surface area contributed by atoms with Crippen LogP contribution in [0.25, 0.3) is 0 Å². The molecule has 0 heterocycles. The van der Waals surface area contributed by atoms with Crippen molar-refractivity contribution >= 4 is 0 Å². The van der Waals surface area contributed by atoms with Crippen molar-refractivity contribution in [2.75, 3.05) is 20.2 Å².